The SMILES string of the molecule is CC(CN1CCOCC1)NC(=O)NC(CC(=O)O)C1CC1. The molecule has 2 rings (SSSR count). The lowest BCUT2D eigenvalue weighted by Gasteiger charge is -2.29. The number of carboxylic acids is 1. The lowest BCUT2D eigenvalue weighted by atomic mass is 10.1. The van der Waals surface area contributed by atoms with E-state index in [0.717, 1.165) is 45.7 Å². The first-order chi connectivity index (χ1) is 10.0. The van der Waals surface area contributed by atoms with E-state index in [1.165, 1.54) is 0 Å². The van der Waals surface area contributed by atoms with E-state index in [9.17, 15) is 9.59 Å². The van der Waals surface area contributed by atoms with Crippen LogP contribution in [-0.4, -0.2) is 66.9 Å². The number of rotatable bonds is 7. The van der Waals surface area contributed by atoms with Crippen LogP contribution < -0.4 is 10.6 Å². The minimum Gasteiger partial charge on any atom is -0.481 e. The number of carbonyl (C=O) groups is 2. The predicted octanol–water partition coefficient (Wildman–Crippen LogP) is 0.260. The number of carboxylic acid groups (broad SMARTS) is 1. The topological polar surface area (TPSA) is 90.9 Å². The van der Waals surface area contributed by atoms with E-state index in [1.807, 2.05) is 6.92 Å². The molecule has 1 heterocycles. The fourth-order valence-electron chi connectivity index (χ4n) is 2.67. The second kappa shape index (κ2) is 7.61. The Morgan fingerprint density at radius 3 is 2.52 bits per heavy atom. The lowest BCUT2D eigenvalue weighted by Crippen LogP contribution is -2.51. The number of morpholine rings is 1. The van der Waals surface area contributed by atoms with Gasteiger partial charge < -0.3 is 20.5 Å². The van der Waals surface area contributed by atoms with Crippen molar-refractivity contribution in [2.45, 2.75) is 38.3 Å². The average Bonchev–Trinajstić information content (AvgIpc) is 3.22. The molecule has 1 aliphatic carbocycles. The molecule has 2 unspecified atom stereocenters. The molecular formula is C14H25N3O4. The van der Waals surface area contributed by atoms with E-state index < -0.39 is 5.97 Å². The molecule has 1 aliphatic heterocycles. The second-order valence-corrected chi connectivity index (χ2v) is 5.97. The Morgan fingerprint density at radius 1 is 1.29 bits per heavy atom. The molecule has 0 radical (unpaired) electrons. The molecule has 0 spiro atoms. The molecule has 0 bridgehead atoms. The molecule has 1 saturated heterocycles. The molecule has 1 saturated carbocycles. The van der Waals surface area contributed by atoms with E-state index >= 15 is 0 Å². The molecule has 7 nitrogen and oxygen atoms in total. The molecule has 0 aromatic heterocycles. The van der Waals surface area contributed by atoms with E-state index in [4.69, 9.17) is 9.84 Å². The lowest BCUT2D eigenvalue weighted by molar-refractivity contribution is -0.137. The van der Waals surface area contributed by atoms with Gasteiger partial charge in [0.1, 0.15) is 0 Å². The molecule has 120 valence electrons. The van der Waals surface area contributed by atoms with Crippen molar-refractivity contribution in [2.24, 2.45) is 5.92 Å². The quantitative estimate of drug-likeness (QED) is 0.627. The number of hydrogen-bond acceptors (Lipinski definition) is 4. The van der Waals surface area contributed by atoms with Gasteiger partial charge in [-0.3, -0.25) is 9.69 Å². The third-order valence-corrected chi connectivity index (χ3v) is 3.92. The van der Waals surface area contributed by atoms with Gasteiger partial charge in [-0.15, -0.1) is 0 Å². The molecule has 2 atom stereocenters. The standard InChI is InChI=1S/C14H25N3O4/c1-10(9-17-4-6-21-7-5-17)15-14(20)16-12(8-13(18)19)11-2-3-11/h10-12H,2-9H2,1H3,(H,18,19)(H2,15,16,20). The molecule has 21 heavy (non-hydrogen) atoms. The normalized spacial score (nSPS) is 22.3. The minimum atomic E-state index is -0.867. The molecule has 2 amide bonds. The summed E-state index contributed by atoms with van der Waals surface area (Å²) in [6.07, 6.45) is 2.00. The summed E-state index contributed by atoms with van der Waals surface area (Å²) >= 11 is 0. The van der Waals surface area contributed by atoms with Crippen molar-refractivity contribution in [3.8, 4) is 0 Å². The van der Waals surface area contributed by atoms with Crippen molar-refractivity contribution >= 4 is 12.0 Å². The zero-order valence-electron chi connectivity index (χ0n) is 12.5. The van der Waals surface area contributed by atoms with Crippen molar-refractivity contribution in [1.29, 1.82) is 0 Å². The van der Waals surface area contributed by atoms with E-state index in [1.54, 1.807) is 0 Å². The maximum Gasteiger partial charge on any atom is 0.315 e. The van der Waals surface area contributed by atoms with Crippen LogP contribution in [0.1, 0.15) is 26.2 Å². The van der Waals surface area contributed by atoms with Crippen LogP contribution in [0.5, 0.6) is 0 Å². The van der Waals surface area contributed by atoms with E-state index in [0.29, 0.717) is 5.92 Å². The Morgan fingerprint density at radius 2 is 1.95 bits per heavy atom. The Kier molecular flexibility index (Phi) is 5.81. The molecular weight excluding hydrogens is 274 g/mol. The highest BCUT2D eigenvalue weighted by molar-refractivity contribution is 5.76. The van der Waals surface area contributed by atoms with Crippen LogP contribution in [0.3, 0.4) is 0 Å². The summed E-state index contributed by atoms with van der Waals surface area (Å²) in [7, 11) is 0. The van der Waals surface area contributed by atoms with Gasteiger partial charge in [-0.05, 0) is 25.7 Å². The van der Waals surface area contributed by atoms with Crippen LogP contribution in [0.4, 0.5) is 4.79 Å². The summed E-state index contributed by atoms with van der Waals surface area (Å²) in [4.78, 5) is 25.0. The Balaban J connectivity index is 1.70. The van der Waals surface area contributed by atoms with Crippen LogP contribution in [0.15, 0.2) is 0 Å². The van der Waals surface area contributed by atoms with Crippen molar-refractivity contribution in [3.63, 3.8) is 0 Å². The van der Waals surface area contributed by atoms with Gasteiger partial charge in [-0.25, -0.2) is 4.79 Å². The van der Waals surface area contributed by atoms with Crippen molar-refractivity contribution in [2.75, 3.05) is 32.8 Å². The summed E-state index contributed by atoms with van der Waals surface area (Å²) in [5.41, 5.74) is 0. The zero-order valence-corrected chi connectivity index (χ0v) is 12.5. The first-order valence-corrected chi connectivity index (χ1v) is 7.63. The summed E-state index contributed by atoms with van der Waals surface area (Å²) in [5, 5.41) is 14.6. The number of carbonyl (C=O) groups excluding carboxylic acids is 1. The highest BCUT2D eigenvalue weighted by Gasteiger charge is 2.33. The molecule has 3 N–H and O–H groups in total. The average molecular weight is 299 g/mol. The molecule has 2 aliphatic rings. The zero-order chi connectivity index (χ0) is 15.2. The first kappa shape index (κ1) is 16.0. The number of nitrogens with one attached hydrogen (secondary N) is 2. The van der Waals surface area contributed by atoms with Gasteiger partial charge in [0.2, 0.25) is 0 Å². The maximum absolute atomic E-state index is 12.0. The van der Waals surface area contributed by atoms with Crippen LogP contribution in [0.2, 0.25) is 0 Å². The van der Waals surface area contributed by atoms with E-state index in [-0.39, 0.29) is 24.5 Å². The number of ether oxygens (including phenoxy) is 1. The van der Waals surface area contributed by atoms with Crippen LogP contribution in [-0.2, 0) is 9.53 Å². The van der Waals surface area contributed by atoms with Crippen molar-refractivity contribution in [1.82, 2.24) is 15.5 Å². The van der Waals surface area contributed by atoms with Crippen LogP contribution in [0.25, 0.3) is 0 Å². The van der Waals surface area contributed by atoms with Crippen molar-refractivity contribution in [3.05, 3.63) is 0 Å². The second-order valence-electron chi connectivity index (χ2n) is 5.97. The van der Waals surface area contributed by atoms with Gasteiger partial charge in [0.05, 0.1) is 19.6 Å². The number of nitrogens with zero attached hydrogens (tertiary/aromatic N) is 1. The van der Waals surface area contributed by atoms with Gasteiger partial charge in [0.25, 0.3) is 0 Å². The summed E-state index contributed by atoms with van der Waals surface area (Å²) in [6.45, 7) is 5.99. The summed E-state index contributed by atoms with van der Waals surface area (Å²) in [6, 6.07) is -0.500. The minimum absolute atomic E-state index is 0.00404. The summed E-state index contributed by atoms with van der Waals surface area (Å²) in [5.74, 6) is -0.546. The Hall–Kier alpha value is -1.34. The molecule has 2 fully saturated rings. The Labute approximate surface area is 125 Å². The molecule has 0 aromatic rings. The van der Waals surface area contributed by atoms with Crippen LogP contribution in [0, 0.1) is 5.92 Å². The molecule has 0 aromatic carbocycles. The van der Waals surface area contributed by atoms with Gasteiger partial charge >= 0.3 is 12.0 Å². The maximum atomic E-state index is 12.0. The van der Waals surface area contributed by atoms with Gasteiger partial charge in [0, 0.05) is 31.7 Å². The number of amides is 2. The van der Waals surface area contributed by atoms with Gasteiger partial charge in [-0.1, -0.05) is 0 Å². The van der Waals surface area contributed by atoms with E-state index in [2.05, 4.69) is 15.5 Å². The highest BCUT2D eigenvalue weighted by atomic mass is 16.5. The fourth-order valence-corrected chi connectivity index (χ4v) is 2.67. The fraction of sp³-hybridized carbons (Fsp3) is 0.857. The first-order valence-electron chi connectivity index (χ1n) is 7.63. The van der Waals surface area contributed by atoms with Crippen molar-refractivity contribution < 1.29 is 19.4 Å². The summed E-state index contributed by atoms with van der Waals surface area (Å²) < 4.78 is 5.29. The number of hydrogen-bond donors (Lipinski definition) is 3. The third kappa shape index (κ3) is 5.89. The van der Waals surface area contributed by atoms with Crippen LogP contribution >= 0.6 is 0 Å². The predicted molar refractivity (Wildman–Crippen MR) is 77.2 cm³/mol. The number of aliphatic carboxylic acids is 1. The Bertz CT molecular complexity index is 367. The number of urea groups is 1. The largest absolute Gasteiger partial charge is 0.481 e. The third-order valence-electron chi connectivity index (χ3n) is 3.92. The smallest absolute Gasteiger partial charge is 0.315 e. The highest BCUT2D eigenvalue weighted by Crippen LogP contribution is 2.33. The monoisotopic (exact) mass is 299 g/mol. The van der Waals surface area contributed by atoms with Gasteiger partial charge in [0.15, 0.2) is 0 Å². The van der Waals surface area contributed by atoms with Gasteiger partial charge in [-0.2, -0.15) is 0 Å². The molecule has 7 heteroatoms.